The number of carboxylic acids is 1. The summed E-state index contributed by atoms with van der Waals surface area (Å²) in [6.07, 6.45) is 2.38. The number of aliphatic carboxylic acids is 1. The first-order valence-corrected chi connectivity index (χ1v) is 14.8. The first kappa shape index (κ1) is 30.2. The Kier molecular flexibility index (Phi) is 9.96. The number of hydrogen-bond donors (Lipinski definition) is 3. The molecule has 0 aliphatic carbocycles. The number of carbonyl (C=O) groups excluding carboxylic acids is 1. The van der Waals surface area contributed by atoms with Gasteiger partial charge in [-0.15, -0.1) is 0 Å². The third-order valence-electron chi connectivity index (χ3n) is 8.43. The zero-order valence-corrected chi connectivity index (χ0v) is 24.1. The van der Waals surface area contributed by atoms with E-state index in [2.05, 4.69) is 6.92 Å². The number of rotatable bonds is 13. The van der Waals surface area contributed by atoms with E-state index in [0.29, 0.717) is 62.8 Å². The number of aliphatic hydroxyl groups is 1. The van der Waals surface area contributed by atoms with Crippen LogP contribution in [-0.4, -0.2) is 79.0 Å². The minimum absolute atomic E-state index is 0.0441. The van der Waals surface area contributed by atoms with Gasteiger partial charge in [0.05, 0.1) is 32.3 Å². The number of ether oxygens (including phenoxy) is 4. The van der Waals surface area contributed by atoms with E-state index in [1.165, 1.54) is 0 Å². The molecule has 1 amide bonds. The van der Waals surface area contributed by atoms with Gasteiger partial charge in [-0.2, -0.15) is 0 Å². The van der Waals surface area contributed by atoms with Crippen LogP contribution in [0.4, 0.5) is 5.69 Å². The van der Waals surface area contributed by atoms with Crippen LogP contribution in [0, 0.1) is 5.92 Å². The fourth-order valence-corrected chi connectivity index (χ4v) is 6.33. The molecule has 0 spiro atoms. The SMILES string of the molecule is CCCCN(C(=O)CN1C[C@H](c2cc(CO)c3c(c2)OCO3)[C@@H](C(=O)O)[C@@H]1CCC1OCCO1)c1cccc(CN)c1. The van der Waals surface area contributed by atoms with Crippen molar-refractivity contribution in [1.29, 1.82) is 0 Å². The van der Waals surface area contributed by atoms with E-state index in [0.717, 1.165) is 29.7 Å². The van der Waals surface area contributed by atoms with Gasteiger partial charge in [0.2, 0.25) is 12.7 Å². The predicted molar refractivity (Wildman–Crippen MR) is 154 cm³/mol. The molecular weight excluding hydrogens is 542 g/mol. The normalized spacial score (nSPS) is 22.1. The van der Waals surface area contributed by atoms with E-state index in [9.17, 15) is 19.8 Å². The van der Waals surface area contributed by atoms with Gasteiger partial charge in [0.1, 0.15) is 0 Å². The number of fused-ring (bicyclic) bond motifs is 1. The minimum atomic E-state index is -0.935. The highest BCUT2D eigenvalue weighted by molar-refractivity contribution is 5.95. The van der Waals surface area contributed by atoms with Crippen LogP contribution in [-0.2, 0) is 32.2 Å². The highest BCUT2D eigenvalue weighted by Crippen LogP contribution is 2.45. The molecule has 228 valence electrons. The van der Waals surface area contributed by atoms with Crippen molar-refractivity contribution in [1.82, 2.24) is 4.90 Å². The van der Waals surface area contributed by atoms with E-state index < -0.39 is 23.8 Å². The average Bonchev–Trinajstić information content (AvgIpc) is 3.76. The summed E-state index contributed by atoms with van der Waals surface area (Å²) in [6, 6.07) is 10.9. The maximum absolute atomic E-state index is 14.0. The molecule has 4 N–H and O–H groups in total. The predicted octanol–water partition coefficient (Wildman–Crippen LogP) is 2.82. The Labute approximate surface area is 246 Å². The van der Waals surface area contributed by atoms with E-state index in [-0.39, 0.29) is 32.1 Å². The Morgan fingerprint density at radius 1 is 1.12 bits per heavy atom. The summed E-state index contributed by atoms with van der Waals surface area (Å²) in [5.41, 5.74) is 8.89. The molecule has 11 heteroatoms. The number of nitrogens with zero attached hydrogens (tertiary/aromatic N) is 2. The Hall–Kier alpha value is -3.22. The molecule has 2 aromatic rings. The molecule has 5 rings (SSSR count). The lowest BCUT2D eigenvalue weighted by atomic mass is 9.83. The fourth-order valence-electron chi connectivity index (χ4n) is 6.33. The minimum Gasteiger partial charge on any atom is -0.481 e. The number of unbranched alkanes of at least 4 members (excludes halogenated alkanes) is 1. The van der Waals surface area contributed by atoms with Crippen molar-refractivity contribution in [3.05, 3.63) is 53.1 Å². The van der Waals surface area contributed by atoms with Crippen LogP contribution >= 0.6 is 0 Å². The Balaban J connectivity index is 1.45. The Morgan fingerprint density at radius 3 is 2.64 bits per heavy atom. The topological polar surface area (TPSA) is 144 Å². The molecule has 0 radical (unpaired) electrons. The number of hydrogen-bond acceptors (Lipinski definition) is 9. The molecule has 0 saturated carbocycles. The van der Waals surface area contributed by atoms with Gasteiger partial charge >= 0.3 is 5.97 Å². The van der Waals surface area contributed by atoms with Gasteiger partial charge in [0.15, 0.2) is 17.8 Å². The van der Waals surface area contributed by atoms with Crippen molar-refractivity contribution in [3.8, 4) is 11.5 Å². The van der Waals surface area contributed by atoms with Gasteiger partial charge in [-0.25, -0.2) is 0 Å². The lowest BCUT2D eigenvalue weighted by Crippen LogP contribution is -2.44. The van der Waals surface area contributed by atoms with E-state index in [1.807, 2.05) is 29.2 Å². The van der Waals surface area contributed by atoms with Crippen molar-refractivity contribution in [3.63, 3.8) is 0 Å². The highest BCUT2D eigenvalue weighted by atomic mass is 16.7. The molecule has 0 aromatic heterocycles. The van der Waals surface area contributed by atoms with Crippen molar-refractivity contribution in [2.45, 2.75) is 64.0 Å². The van der Waals surface area contributed by atoms with Gasteiger partial charge in [-0.1, -0.05) is 25.5 Å². The number of nitrogens with two attached hydrogens (primary N) is 1. The molecular formula is C31H41N3O8. The summed E-state index contributed by atoms with van der Waals surface area (Å²) in [5.74, 6) is -1.29. The molecule has 0 bridgehead atoms. The summed E-state index contributed by atoms with van der Waals surface area (Å²) < 4.78 is 22.4. The third-order valence-corrected chi connectivity index (χ3v) is 8.43. The van der Waals surface area contributed by atoms with Crippen molar-refractivity contribution in [2.24, 2.45) is 11.7 Å². The summed E-state index contributed by atoms with van der Waals surface area (Å²) in [6.45, 7) is 4.23. The summed E-state index contributed by atoms with van der Waals surface area (Å²) in [4.78, 5) is 30.6. The number of carboxylic acid groups (broad SMARTS) is 1. The highest BCUT2D eigenvalue weighted by Gasteiger charge is 2.48. The summed E-state index contributed by atoms with van der Waals surface area (Å²) >= 11 is 0. The number of aliphatic hydroxyl groups excluding tert-OH is 1. The van der Waals surface area contributed by atoms with Gasteiger partial charge in [-0.3, -0.25) is 14.5 Å². The van der Waals surface area contributed by atoms with Crippen LogP contribution < -0.4 is 20.1 Å². The molecule has 3 aliphatic heterocycles. The first-order valence-electron chi connectivity index (χ1n) is 14.8. The second-order valence-electron chi connectivity index (χ2n) is 11.1. The molecule has 3 atom stereocenters. The largest absolute Gasteiger partial charge is 0.481 e. The molecule has 2 fully saturated rings. The maximum Gasteiger partial charge on any atom is 0.308 e. The first-order chi connectivity index (χ1) is 20.4. The van der Waals surface area contributed by atoms with Crippen molar-refractivity contribution >= 4 is 17.6 Å². The molecule has 2 saturated heterocycles. The molecule has 42 heavy (non-hydrogen) atoms. The van der Waals surface area contributed by atoms with E-state index in [1.54, 1.807) is 17.0 Å². The molecule has 2 aromatic carbocycles. The molecule has 11 nitrogen and oxygen atoms in total. The fraction of sp³-hybridized carbons (Fsp3) is 0.548. The zero-order chi connectivity index (χ0) is 29.6. The zero-order valence-electron chi connectivity index (χ0n) is 24.1. The van der Waals surface area contributed by atoms with Crippen LogP contribution in [0.25, 0.3) is 0 Å². The Bertz CT molecular complexity index is 1250. The number of benzene rings is 2. The number of likely N-dealkylation sites (tertiary alicyclic amines) is 1. The quantitative estimate of drug-likeness (QED) is 0.322. The van der Waals surface area contributed by atoms with Gasteiger partial charge in [0, 0.05) is 42.8 Å². The van der Waals surface area contributed by atoms with Crippen LogP contribution in [0.5, 0.6) is 11.5 Å². The van der Waals surface area contributed by atoms with Gasteiger partial charge in [0.25, 0.3) is 0 Å². The lowest BCUT2D eigenvalue weighted by Gasteiger charge is -2.30. The summed E-state index contributed by atoms with van der Waals surface area (Å²) in [5, 5.41) is 20.5. The Morgan fingerprint density at radius 2 is 1.93 bits per heavy atom. The van der Waals surface area contributed by atoms with Gasteiger partial charge in [-0.05, 0) is 54.7 Å². The number of anilines is 1. The molecule has 3 aliphatic rings. The van der Waals surface area contributed by atoms with Crippen LogP contribution in [0.2, 0.25) is 0 Å². The van der Waals surface area contributed by atoms with E-state index in [4.69, 9.17) is 24.7 Å². The van der Waals surface area contributed by atoms with Crippen LogP contribution in [0.15, 0.2) is 36.4 Å². The summed E-state index contributed by atoms with van der Waals surface area (Å²) in [7, 11) is 0. The van der Waals surface area contributed by atoms with Crippen molar-refractivity contribution in [2.75, 3.05) is 44.5 Å². The van der Waals surface area contributed by atoms with Gasteiger partial charge < -0.3 is 39.8 Å². The second kappa shape index (κ2) is 13.8. The second-order valence-corrected chi connectivity index (χ2v) is 11.1. The number of amides is 1. The van der Waals surface area contributed by atoms with Crippen molar-refractivity contribution < 1.29 is 38.7 Å². The smallest absolute Gasteiger partial charge is 0.308 e. The number of carbonyl (C=O) groups is 2. The standard InChI is InChI=1S/C31H41N3O8/c1-2-3-9-34(23-6-4-5-20(12-23)15-32)27(36)17-33-16-24(21-13-22(18-35)30-26(14-21)41-19-42-30)29(31(37)38)25(33)7-8-28-39-10-11-40-28/h4-6,12-14,24-25,28-29,35H,2-3,7-11,15-19,32H2,1H3,(H,37,38)/t24-,25+,29-/m1/s1. The maximum atomic E-state index is 14.0. The van der Waals surface area contributed by atoms with Crippen LogP contribution in [0.3, 0.4) is 0 Å². The third kappa shape index (κ3) is 6.55. The van der Waals surface area contributed by atoms with Crippen LogP contribution in [0.1, 0.15) is 55.2 Å². The molecule has 3 heterocycles. The monoisotopic (exact) mass is 583 g/mol. The lowest BCUT2D eigenvalue weighted by molar-refractivity contribution is -0.143. The van der Waals surface area contributed by atoms with E-state index >= 15 is 0 Å². The average molecular weight is 584 g/mol. The molecule has 0 unspecified atom stereocenters.